The van der Waals surface area contributed by atoms with Crippen molar-refractivity contribution in [3.63, 3.8) is 0 Å². The van der Waals surface area contributed by atoms with Crippen molar-refractivity contribution < 1.29 is 15.0 Å². The Morgan fingerprint density at radius 2 is 1.68 bits per heavy atom. The molecule has 3 aromatic rings. The summed E-state index contributed by atoms with van der Waals surface area (Å²) in [6.07, 6.45) is 1.43. The van der Waals surface area contributed by atoms with E-state index < -0.39 is 5.41 Å². The number of phenols is 2. The largest absolute Gasteiger partial charge is 0.504 e. The summed E-state index contributed by atoms with van der Waals surface area (Å²) in [6.45, 7) is 2.00. The maximum absolute atomic E-state index is 12.9. The Morgan fingerprint density at radius 3 is 2.29 bits per heavy atom. The summed E-state index contributed by atoms with van der Waals surface area (Å²) in [4.78, 5) is 12.9. The minimum absolute atomic E-state index is 0.101. The SMILES string of the molecule is Cc1cc(NC(=O)C2(c3ccc(O)c(O)c3)CC2)ccc1-c1ccc(Cl)cc1. The Kier molecular flexibility index (Phi) is 4.52. The molecule has 0 spiro atoms. The van der Waals surface area contributed by atoms with Gasteiger partial charge >= 0.3 is 0 Å². The highest BCUT2D eigenvalue weighted by Crippen LogP contribution is 2.50. The molecule has 1 fully saturated rings. The number of hydrogen-bond donors (Lipinski definition) is 3. The van der Waals surface area contributed by atoms with E-state index in [1.54, 1.807) is 6.07 Å². The molecule has 0 aromatic heterocycles. The Hall–Kier alpha value is -2.98. The molecule has 0 heterocycles. The number of benzene rings is 3. The third-order valence-corrected chi connectivity index (χ3v) is 5.60. The lowest BCUT2D eigenvalue weighted by Gasteiger charge is -2.17. The van der Waals surface area contributed by atoms with Gasteiger partial charge in [0, 0.05) is 10.7 Å². The lowest BCUT2D eigenvalue weighted by Crippen LogP contribution is -2.27. The van der Waals surface area contributed by atoms with Crippen molar-refractivity contribution in [2.45, 2.75) is 25.2 Å². The number of aromatic hydroxyl groups is 2. The second-order valence-electron chi connectivity index (χ2n) is 7.28. The molecule has 0 bridgehead atoms. The summed E-state index contributed by atoms with van der Waals surface area (Å²) in [5.41, 5.74) is 4.00. The van der Waals surface area contributed by atoms with Gasteiger partial charge in [-0.25, -0.2) is 0 Å². The minimum atomic E-state index is -0.645. The first-order valence-corrected chi connectivity index (χ1v) is 9.47. The first-order chi connectivity index (χ1) is 13.4. The van der Waals surface area contributed by atoms with Crippen LogP contribution >= 0.6 is 11.6 Å². The van der Waals surface area contributed by atoms with E-state index in [9.17, 15) is 15.0 Å². The van der Waals surface area contributed by atoms with Crippen LogP contribution in [0, 0.1) is 6.92 Å². The number of carbonyl (C=O) groups is 1. The zero-order valence-corrected chi connectivity index (χ0v) is 16.1. The van der Waals surface area contributed by atoms with Gasteiger partial charge < -0.3 is 15.5 Å². The summed E-state index contributed by atoms with van der Waals surface area (Å²) in [6, 6.07) is 18.1. The lowest BCUT2D eigenvalue weighted by atomic mass is 9.94. The van der Waals surface area contributed by atoms with E-state index in [1.165, 1.54) is 12.1 Å². The Balaban J connectivity index is 1.55. The van der Waals surface area contributed by atoms with Crippen LogP contribution in [0.3, 0.4) is 0 Å². The van der Waals surface area contributed by atoms with Gasteiger partial charge in [0.1, 0.15) is 0 Å². The number of hydrogen-bond acceptors (Lipinski definition) is 3. The molecule has 0 radical (unpaired) electrons. The fraction of sp³-hybridized carbons (Fsp3) is 0.174. The van der Waals surface area contributed by atoms with Gasteiger partial charge in [0.25, 0.3) is 0 Å². The van der Waals surface area contributed by atoms with Crippen molar-refractivity contribution in [1.82, 2.24) is 0 Å². The number of amides is 1. The number of rotatable bonds is 4. The normalized spacial score (nSPS) is 14.5. The van der Waals surface area contributed by atoms with Gasteiger partial charge in [-0.1, -0.05) is 35.9 Å². The second kappa shape index (κ2) is 6.88. The molecule has 142 valence electrons. The summed E-state index contributed by atoms with van der Waals surface area (Å²) in [7, 11) is 0. The predicted molar refractivity (Wildman–Crippen MR) is 111 cm³/mol. The highest BCUT2D eigenvalue weighted by Gasteiger charge is 2.51. The number of aryl methyl sites for hydroxylation is 1. The fourth-order valence-electron chi connectivity index (χ4n) is 3.54. The molecule has 1 aliphatic carbocycles. The summed E-state index contributed by atoms with van der Waals surface area (Å²) in [5.74, 6) is -0.496. The van der Waals surface area contributed by atoms with Gasteiger partial charge in [0.05, 0.1) is 5.41 Å². The van der Waals surface area contributed by atoms with Crippen molar-refractivity contribution in [1.29, 1.82) is 0 Å². The van der Waals surface area contributed by atoms with E-state index >= 15 is 0 Å². The highest BCUT2D eigenvalue weighted by molar-refractivity contribution is 6.30. The molecular formula is C23H20ClNO3. The van der Waals surface area contributed by atoms with Crippen molar-refractivity contribution in [2.75, 3.05) is 5.32 Å². The van der Waals surface area contributed by atoms with Gasteiger partial charge in [-0.15, -0.1) is 0 Å². The van der Waals surface area contributed by atoms with Crippen LogP contribution < -0.4 is 5.32 Å². The molecule has 1 amide bonds. The molecular weight excluding hydrogens is 374 g/mol. The summed E-state index contributed by atoms with van der Waals surface area (Å²) in [5, 5.41) is 23.0. The molecule has 0 saturated heterocycles. The van der Waals surface area contributed by atoms with Crippen LogP contribution in [0.25, 0.3) is 11.1 Å². The molecule has 1 aliphatic rings. The average molecular weight is 394 g/mol. The van der Waals surface area contributed by atoms with Gasteiger partial charge in [-0.05, 0) is 78.4 Å². The second-order valence-corrected chi connectivity index (χ2v) is 7.71. The standard InChI is InChI=1S/C23H20ClNO3/c1-14-12-18(7-8-19(14)15-2-5-17(24)6-3-15)25-22(28)23(10-11-23)16-4-9-20(26)21(27)13-16/h2-9,12-13,26-27H,10-11H2,1H3,(H,25,28). The smallest absolute Gasteiger partial charge is 0.235 e. The first-order valence-electron chi connectivity index (χ1n) is 9.09. The number of halogens is 1. The number of phenolic OH excluding ortho intramolecular Hbond substituents is 2. The molecule has 3 aromatic carbocycles. The summed E-state index contributed by atoms with van der Waals surface area (Å²) < 4.78 is 0. The Morgan fingerprint density at radius 1 is 0.964 bits per heavy atom. The van der Waals surface area contributed by atoms with E-state index in [0.29, 0.717) is 17.9 Å². The van der Waals surface area contributed by atoms with Crippen molar-refractivity contribution >= 4 is 23.2 Å². The topological polar surface area (TPSA) is 69.6 Å². The predicted octanol–water partition coefficient (Wildman–Crippen LogP) is 5.40. The number of anilines is 1. The van der Waals surface area contributed by atoms with Crippen LogP contribution in [0.4, 0.5) is 5.69 Å². The molecule has 1 saturated carbocycles. The fourth-order valence-corrected chi connectivity index (χ4v) is 3.66. The summed E-state index contributed by atoms with van der Waals surface area (Å²) >= 11 is 5.96. The van der Waals surface area contributed by atoms with Crippen LogP contribution in [0.2, 0.25) is 5.02 Å². The Labute approximate surface area is 168 Å². The third kappa shape index (κ3) is 3.32. The molecule has 4 rings (SSSR count). The zero-order chi connectivity index (χ0) is 19.9. The van der Waals surface area contributed by atoms with Gasteiger partial charge in [-0.3, -0.25) is 4.79 Å². The molecule has 0 unspecified atom stereocenters. The van der Waals surface area contributed by atoms with Crippen LogP contribution in [0.5, 0.6) is 11.5 Å². The van der Waals surface area contributed by atoms with Gasteiger partial charge in [0.2, 0.25) is 5.91 Å². The molecule has 4 nitrogen and oxygen atoms in total. The quantitative estimate of drug-likeness (QED) is 0.520. The van der Waals surface area contributed by atoms with Crippen LogP contribution in [-0.2, 0) is 10.2 Å². The van der Waals surface area contributed by atoms with Crippen molar-refractivity contribution in [2.24, 2.45) is 0 Å². The lowest BCUT2D eigenvalue weighted by molar-refractivity contribution is -0.118. The highest BCUT2D eigenvalue weighted by atomic mass is 35.5. The van der Waals surface area contributed by atoms with E-state index in [-0.39, 0.29) is 17.4 Å². The minimum Gasteiger partial charge on any atom is -0.504 e. The van der Waals surface area contributed by atoms with E-state index in [2.05, 4.69) is 5.32 Å². The maximum Gasteiger partial charge on any atom is 0.235 e. The van der Waals surface area contributed by atoms with E-state index in [0.717, 1.165) is 27.9 Å². The van der Waals surface area contributed by atoms with E-state index in [1.807, 2.05) is 49.4 Å². The molecule has 28 heavy (non-hydrogen) atoms. The van der Waals surface area contributed by atoms with Crippen LogP contribution in [-0.4, -0.2) is 16.1 Å². The van der Waals surface area contributed by atoms with Crippen molar-refractivity contribution in [3.8, 4) is 22.6 Å². The van der Waals surface area contributed by atoms with Crippen LogP contribution in [0.15, 0.2) is 60.7 Å². The van der Waals surface area contributed by atoms with Crippen LogP contribution in [0.1, 0.15) is 24.0 Å². The zero-order valence-electron chi connectivity index (χ0n) is 15.4. The average Bonchev–Trinajstić information content (AvgIpc) is 3.47. The van der Waals surface area contributed by atoms with Gasteiger partial charge in [0.15, 0.2) is 11.5 Å². The number of nitrogens with one attached hydrogen (secondary N) is 1. The van der Waals surface area contributed by atoms with Gasteiger partial charge in [-0.2, -0.15) is 0 Å². The van der Waals surface area contributed by atoms with E-state index in [4.69, 9.17) is 11.6 Å². The first kappa shape index (κ1) is 18.4. The third-order valence-electron chi connectivity index (χ3n) is 5.35. The maximum atomic E-state index is 12.9. The Bertz CT molecular complexity index is 1060. The molecule has 0 atom stereocenters. The molecule has 0 aliphatic heterocycles. The monoisotopic (exact) mass is 393 g/mol. The molecule has 3 N–H and O–H groups in total. The number of carbonyl (C=O) groups excluding carboxylic acids is 1. The molecule has 5 heteroatoms. The van der Waals surface area contributed by atoms with Crippen molar-refractivity contribution in [3.05, 3.63) is 76.8 Å².